The third-order valence-corrected chi connectivity index (χ3v) is 6.79. The molecule has 0 saturated carbocycles. The summed E-state index contributed by atoms with van der Waals surface area (Å²) in [4.78, 5) is 0. The first kappa shape index (κ1) is 23.9. The molecule has 36 heavy (non-hydrogen) atoms. The molecule has 0 heterocycles. The fraction of sp³-hybridized carbons (Fsp3) is 0.0286. The van der Waals surface area contributed by atoms with Crippen LogP contribution in [-0.4, -0.2) is 18.9 Å². The van der Waals surface area contributed by atoms with Crippen molar-refractivity contribution in [3.63, 3.8) is 0 Å². The molecule has 1 radical (unpaired) electrons. The van der Waals surface area contributed by atoms with E-state index in [1.807, 2.05) is 0 Å². The van der Waals surface area contributed by atoms with Gasteiger partial charge in [-0.25, -0.2) is 0 Å². The van der Waals surface area contributed by atoms with E-state index in [-0.39, 0.29) is 24.8 Å². The molecule has 0 fully saturated rings. The number of benzene rings is 5. The number of hydrogen-bond acceptors (Lipinski definition) is 0. The third kappa shape index (κ3) is 4.43. The van der Waals surface area contributed by atoms with Crippen LogP contribution in [0, 0.1) is 0 Å². The maximum absolute atomic E-state index is 2.27. The van der Waals surface area contributed by atoms with Crippen LogP contribution >= 0.6 is 0 Å². The van der Waals surface area contributed by atoms with Crippen LogP contribution in [0.2, 0.25) is 0 Å². The van der Waals surface area contributed by atoms with Crippen LogP contribution < -0.4 is 0 Å². The van der Waals surface area contributed by atoms with Crippen molar-refractivity contribution in [3.05, 3.63) is 179 Å². The minimum Gasteiger partial charge on any atom is -0.0622 e. The Kier molecular flexibility index (Phi) is 7.20. The van der Waals surface area contributed by atoms with Crippen molar-refractivity contribution in [1.82, 2.24) is 0 Å². The molecule has 1 aliphatic carbocycles. The molecule has 0 bridgehead atoms. The SMILES string of the molecule is [Li].c1ccc(C2=C(c3ccccc3)C(c3ccccc3)C(c3ccccc3)=C2c2ccccc2)cc1. The first-order chi connectivity index (χ1) is 17.4. The van der Waals surface area contributed by atoms with Gasteiger partial charge in [0.25, 0.3) is 0 Å². The molecule has 0 amide bonds. The summed E-state index contributed by atoms with van der Waals surface area (Å²) in [6.07, 6.45) is 0. The predicted octanol–water partition coefficient (Wildman–Crippen LogP) is 8.63. The van der Waals surface area contributed by atoms with Crippen LogP contribution in [0.25, 0.3) is 22.3 Å². The zero-order valence-electron chi connectivity index (χ0n) is 20.5. The standard InChI is InChI=1S/C35H26.Li/c1-6-16-26(17-7-1)31-32(27-18-8-2-9-19-27)34(29-22-12-4-13-23-29)35(30-24-14-5-15-25-30)33(31)28-20-10-3-11-21-28;/h1-25,31H;. The molecule has 5 aromatic carbocycles. The average Bonchev–Trinajstić information content (AvgIpc) is 3.32. The van der Waals surface area contributed by atoms with Crippen molar-refractivity contribution in [3.8, 4) is 0 Å². The van der Waals surface area contributed by atoms with Gasteiger partial charge >= 0.3 is 0 Å². The van der Waals surface area contributed by atoms with Gasteiger partial charge < -0.3 is 0 Å². The van der Waals surface area contributed by atoms with E-state index < -0.39 is 0 Å². The molecular weight excluding hydrogens is 427 g/mol. The van der Waals surface area contributed by atoms with Crippen LogP contribution in [-0.2, 0) is 0 Å². The Morgan fingerprint density at radius 1 is 0.306 bits per heavy atom. The zero-order valence-corrected chi connectivity index (χ0v) is 20.5. The predicted molar refractivity (Wildman–Crippen MR) is 154 cm³/mol. The van der Waals surface area contributed by atoms with Crippen LogP contribution in [0.3, 0.4) is 0 Å². The van der Waals surface area contributed by atoms with Crippen LogP contribution in [0.1, 0.15) is 33.7 Å². The van der Waals surface area contributed by atoms with Crippen molar-refractivity contribution in [1.29, 1.82) is 0 Å². The van der Waals surface area contributed by atoms with E-state index in [0.717, 1.165) is 0 Å². The molecular formula is C35H26Li. The molecule has 0 unspecified atom stereocenters. The molecule has 5 aromatic rings. The van der Waals surface area contributed by atoms with Gasteiger partial charge in [-0.2, -0.15) is 0 Å². The molecule has 0 aliphatic heterocycles. The van der Waals surface area contributed by atoms with Gasteiger partial charge in [-0.05, 0) is 50.1 Å². The first-order valence-corrected chi connectivity index (χ1v) is 12.2. The van der Waals surface area contributed by atoms with Gasteiger partial charge in [-0.3, -0.25) is 0 Å². The second-order valence-corrected chi connectivity index (χ2v) is 8.89. The van der Waals surface area contributed by atoms with E-state index >= 15 is 0 Å². The second-order valence-electron chi connectivity index (χ2n) is 8.89. The monoisotopic (exact) mass is 453 g/mol. The van der Waals surface area contributed by atoms with Crippen molar-refractivity contribution in [2.75, 3.05) is 0 Å². The Balaban J connectivity index is 0.00000267. The topological polar surface area (TPSA) is 0 Å². The van der Waals surface area contributed by atoms with Crippen molar-refractivity contribution in [2.24, 2.45) is 0 Å². The van der Waals surface area contributed by atoms with E-state index in [4.69, 9.17) is 0 Å². The Bertz CT molecular complexity index is 1390. The number of rotatable bonds is 5. The first-order valence-electron chi connectivity index (χ1n) is 12.2. The smallest absolute Gasteiger partial charge is 0.0364 e. The van der Waals surface area contributed by atoms with Gasteiger partial charge in [0.05, 0.1) is 0 Å². The molecule has 0 spiro atoms. The summed E-state index contributed by atoms with van der Waals surface area (Å²) in [6, 6.07) is 54.5. The maximum atomic E-state index is 2.27. The van der Waals surface area contributed by atoms with Gasteiger partial charge in [-0.1, -0.05) is 152 Å². The summed E-state index contributed by atoms with van der Waals surface area (Å²) in [5.41, 5.74) is 11.7. The molecule has 6 rings (SSSR count). The number of hydrogen-bond donors (Lipinski definition) is 0. The van der Waals surface area contributed by atoms with Crippen molar-refractivity contribution < 1.29 is 0 Å². The molecule has 0 atom stereocenters. The molecule has 1 aliphatic rings. The van der Waals surface area contributed by atoms with Crippen LogP contribution in [0.4, 0.5) is 0 Å². The maximum Gasteiger partial charge on any atom is 0.0364 e. The molecule has 0 N–H and O–H groups in total. The fourth-order valence-corrected chi connectivity index (χ4v) is 5.35. The zero-order chi connectivity index (χ0) is 23.5. The second kappa shape index (κ2) is 10.8. The van der Waals surface area contributed by atoms with E-state index in [1.165, 1.54) is 50.1 Å². The van der Waals surface area contributed by atoms with Crippen LogP contribution in [0.5, 0.6) is 0 Å². The molecule has 1 heteroatoms. The molecule has 0 nitrogen and oxygen atoms in total. The van der Waals surface area contributed by atoms with Gasteiger partial charge in [0.2, 0.25) is 0 Å². The van der Waals surface area contributed by atoms with E-state index in [9.17, 15) is 0 Å². The van der Waals surface area contributed by atoms with E-state index in [0.29, 0.717) is 0 Å². The van der Waals surface area contributed by atoms with Gasteiger partial charge in [0.1, 0.15) is 0 Å². The van der Waals surface area contributed by atoms with Gasteiger partial charge in [0.15, 0.2) is 0 Å². The summed E-state index contributed by atoms with van der Waals surface area (Å²) < 4.78 is 0. The quantitative estimate of drug-likeness (QED) is 0.234. The molecule has 167 valence electrons. The minimum atomic E-state index is 0. The summed E-state index contributed by atoms with van der Waals surface area (Å²) in [5.74, 6) is 0.117. The minimum absolute atomic E-state index is 0. The Labute approximate surface area is 225 Å². The molecule has 0 saturated heterocycles. The third-order valence-electron chi connectivity index (χ3n) is 6.79. The number of allylic oxidation sites excluding steroid dienone is 4. The summed E-state index contributed by atoms with van der Waals surface area (Å²) in [7, 11) is 0. The van der Waals surface area contributed by atoms with Crippen molar-refractivity contribution >= 4 is 41.2 Å². The normalized spacial score (nSPS) is 13.6. The van der Waals surface area contributed by atoms with Crippen LogP contribution in [0.15, 0.2) is 152 Å². The largest absolute Gasteiger partial charge is 0.0622 e. The van der Waals surface area contributed by atoms with Gasteiger partial charge in [0, 0.05) is 24.8 Å². The summed E-state index contributed by atoms with van der Waals surface area (Å²) in [6.45, 7) is 0. The Morgan fingerprint density at radius 2 is 0.583 bits per heavy atom. The van der Waals surface area contributed by atoms with E-state index in [2.05, 4.69) is 152 Å². The summed E-state index contributed by atoms with van der Waals surface area (Å²) >= 11 is 0. The molecule has 0 aromatic heterocycles. The van der Waals surface area contributed by atoms with Crippen molar-refractivity contribution in [2.45, 2.75) is 5.92 Å². The summed E-state index contributed by atoms with van der Waals surface area (Å²) in [5, 5.41) is 0. The van der Waals surface area contributed by atoms with E-state index in [1.54, 1.807) is 0 Å². The fourth-order valence-electron chi connectivity index (χ4n) is 5.35. The van der Waals surface area contributed by atoms with Gasteiger partial charge in [-0.15, -0.1) is 0 Å². The Morgan fingerprint density at radius 3 is 0.917 bits per heavy atom. The Hall–Kier alpha value is -3.82. The average molecular weight is 454 g/mol.